The number of rotatable bonds is 4. The molecule has 2 saturated heterocycles. The summed E-state index contributed by atoms with van der Waals surface area (Å²) in [6.07, 6.45) is 5.59. The molecule has 1 aliphatic carbocycles. The Morgan fingerprint density at radius 1 is 1.29 bits per heavy atom. The largest absolute Gasteiger partial charge is 0.338 e. The van der Waals surface area contributed by atoms with E-state index in [1.54, 1.807) is 0 Å². The number of imide groups is 1. The highest BCUT2D eigenvalue weighted by atomic mass is 16.2. The van der Waals surface area contributed by atoms with Gasteiger partial charge in [0.15, 0.2) is 0 Å². The predicted molar refractivity (Wildman–Crippen MR) is 89.0 cm³/mol. The molecule has 3 fully saturated rings. The molecule has 7 nitrogen and oxygen atoms in total. The summed E-state index contributed by atoms with van der Waals surface area (Å²) in [7, 11) is 0. The second-order valence-corrected chi connectivity index (χ2v) is 7.44. The van der Waals surface area contributed by atoms with Crippen molar-refractivity contribution in [1.29, 1.82) is 0 Å². The smallest absolute Gasteiger partial charge is 0.325 e. The summed E-state index contributed by atoms with van der Waals surface area (Å²) in [5.74, 6) is 0.233. The summed E-state index contributed by atoms with van der Waals surface area (Å²) in [5.41, 5.74) is 5.15. The van der Waals surface area contributed by atoms with Crippen LogP contribution in [0, 0.1) is 5.92 Å². The van der Waals surface area contributed by atoms with E-state index >= 15 is 0 Å². The number of carbonyl (C=O) groups excluding carboxylic acids is 3. The molecule has 2 heterocycles. The van der Waals surface area contributed by atoms with Crippen LogP contribution in [0.3, 0.4) is 0 Å². The van der Waals surface area contributed by atoms with Crippen molar-refractivity contribution in [3.8, 4) is 0 Å². The van der Waals surface area contributed by atoms with Gasteiger partial charge in [-0.25, -0.2) is 4.79 Å². The topological polar surface area (TPSA) is 95.7 Å². The SMILES string of the molecule is C[C@@H]1CCCN(C(=O)CCN2C(=O)NC3(CCCC3)C2=O)[C@H]1CN. The van der Waals surface area contributed by atoms with Crippen molar-refractivity contribution in [2.45, 2.75) is 63.5 Å². The van der Waals surface area contributed by atoms with E-state index in [9.17, 15) is 14.4 Å². The summed E-state index contributed by atoms with van der Waals surface area (Å²) in [6.45, 7) is 3.46. The van der Waals surface area contributed by atoms with Crippen LogP contribution in [0.15, 0.2) is 0 Å². The lowest BCUT2D eigenvalue weighted by molar-refractivity contribution is -0.137. The van der Waals surface area contributed by atoms with Crippen LogP contribution in [0.1, 0.15) is 51.9 Å². The number of piperidine rings is 1. The highest BCUT2D eigenvalue weighted by molar-refractivity contribution is 6.07. The van der Waals surface area contributed by atoms with Crippen molar-refractivity contribution in [2.75, 3.05) is 19.6 Å². The number of nitrogens with two attached hydrogens (primary N) is 1. The van der Waals surface area contributed by atoms with Crippen LogP contribution in [0.4, 0.5) is 4.79 Å². The lowest BCUT2D eigenvalue weighted by atomic mass is 9.90. The van der Waals surface area contributed by atoms with Gasteiger partial charge < -0.3 is 16.0 Å². The molecular weight excluding hydrogens is 308 g/mol. The van der Waals surface area contributed by atoms with Crippen molar-refractivity contribution in [1.82, 2.24) is 15.1 Å². The summed E-state index contributed by atoms with van der Waals surface area (Å²) >= 11 is 0. The minimum atomic E-state index is -0.695. The third-order valence-electron chi connectivity index (χ3n) is 5.93. The van der Waals surface area contributed by atoms with E-state index in [1.165, 1.54) is 4.90 Å². The van der Waals surface area contributed by atoms with Crippen molar-refractivity contribution < 1.29 is 14.4 Å². The maximum Gasteiger partial charge on any atom is 0.325 e. The Balaban J connectivity index is 1.60. The average molecular weight is 336 g/mol. The number of urea groups is 1. The Labute approximate surface area is 142 Å². The zero-order chi connectivity index (χ0) is 17.3. The van der Waals surface area contributed by atoms with Crippen molar-refractivity contribution in [3.63, 3.8) is 0 Å². The fourth-order valence-electron chi connectivity index (χ4n) is 4.47. The van der Waals surface area contributed by atoms with Crippen LogP contribution in [-0.2, 0) is 9.59 Å². The number of carbonyl (C=O) groups is 3. The normalized spacial score (nSPS) is 29.4. The molecule has 7 heteroatoms. The number of hydrogen-bond acceptors (Lipinski definition) is 4. The molecule has 0 aromatic carbocycles. The van der Waals surface area contributed by atoms with E-state index in [2.05, 4.69) is 12.2 Å². The number of hydrogen-bond donors (Lipinski definition) is 2. The maximum absolute atomic E-state index is 12.6. The van der Waals surface area contributed by atoms with Gasteiger partial charge in [0.05, 0.1) is 0 Å². The third-order valence-corrected chi connectivity index (χ3v) is 5.93. The van der Waals surface area contributed by atoms with E-state index in [0.29, 0.717) is 25.3 Å². The first kappa shape index (κ1) is 17.2. The first-order chi connectivity index (χ1) is 11.5. The first-order valence-corrected chi connectivity index (χ1v) is 9.12. The fourth-order valence-corrected chi connectivity index (χ4v) is 4.47. The molecule has 3 N–H and O–H groups in total. The van der Waals surface area contributed by atoms with Crippen molar-refractivity contribution in [3.05, 3.63) is 0 Å². The minimum Gasteiger partial charge on any atom is -0.338 e. The van der Waals surface area contributed by atoms with Crippen molar-refractivity contribution >= 4 is 17.8 Å². The molecule has 1 spiro atoms. The second-order valence-electron chi connectivity index (χ2n) is 7.44. The molecule has 3 rings (SSSR count). The van der Waals surface area contributed by atoms with Crippen LogP contribution in [-0.4, -0.2) is 58.9 Å². The van der Waals surface area contributed by atoms with Gasteiger partial charge in [-0.15, -0.1) is 0 Å². The first-order valence-electron chi connectivity index (χ1n) is 9.12. The quantitative estimate of drug-likeness (QED) is 0.743. The van der Waals surface area contributed by atoms with Gasteiger partial charge in [0, 0.05) is 32.1 Å². The Morgan fingerprint density at radius 2 is 2.00 bits per heavy atom. The summed E-state index contributed by atoms with van der Waals surface area (Å²) in [5, 5.41) is 2.85. The van der Waals surface area contributed by atoms with Crippen molar-refractivity contribution in [2.24, 2.45) is 11.7 Å². The number of likely N-dealkylation sites (tertiary alicyclic amines) is 1. The lowest BCUT2D eigenvalue weighted by Gasteiger charge is -2.39. The van der Waals surface area contributed by atoms with Gasteiger partial charge in [-0.3, -0.25) is 14.5 Å². The Morgan fingerprint density at radius 3 is 2.67 bits per heavy atom. The van der Waals surface area contributed by atoms with E-state index < -0.39 is 5.54 Å². The second kappa shape index (κ2) is 6.70. The average Bonchev–Trinajstić information content (AvgIpc) is 3.12. The van der Waals surface area contributed by atoms with Crippen LogP contribution < -0.4 is 11.1 Å². The molecule has 2 atom stereocenters. The Bertz CT molecular complexity index is 530. The van der Waals surface area contributed by atoms with Gasteiger partial charge in [-0.1, -0.05) is 19.8 Å². The van der Waals surface area contributed by atoms with E-state index in [1.807, 2.05) is 4.90 Å². The molecule has 0 unspecified atom stereocenters. The summed E-state index contributed by atoms with van der Waals surface area (Å²) in [6, 6.07) is -0.285. The molecule has 2 aliphatic heterocycles. The van der Waals surface area contributed by atoms with Crippen LogP contribution in [0.25, 0.3) is 0 Å². The molecule has 1 saturated carbocycles. The molecule has 3 aliphatic rings. The molecule has 0 bridgehead atoms. The zero-order valence-corrected chi connectivity index (χ0v) is 14.4. The molecule has 134 valence electrons. The molecule has 4 amide bonds. The van der Waals surface area contributed by atoms with Gasteiger partial charge >= 0.3 is 6.03 Å². The van der Waals surface area contributed by atoms with Crippen LogP contribution >= 0.6 is 0 Å². The van der Waals surface area contributed by atoms with E-state index in [-0.39, 0.29) is 36.9 Å². The highest BCUT2D eigenvalue weighted by Crippen LogP contribution is 2.35. The fraction of sp³-hybridized carbons (Fsp3) is 0.824. The number of nitrogens with one attached hydrogen (secondary N) is 1. The maximum atomic E-state index is 12.6. The number of amides is 4. The monoisotopic (exact) mass is 336 g/mol. The Hall–Kier alpha value is -1.63. The Kier molecular flexibility index (Phi) is 4.80. The zero-order valence-electron chi connectivity index (χ0n) is 14.4. The molecule has 0 aromatic rings. The molecule has 24 heavy (non-hydrogen) atoms. The van der Waals surface area contributed by atoms with Gasteiger partial charge in [0.2, 0.25) is 5.91 Å². The summed E-state index contributed by atoms with van der Waals surface area (Å²) < 4.78 is 0. The molecule has 0 radical (unpaired) electrons. The standard InChI is InChI=1S/C17H28N4O3/c1-12-5-4-9-20(13(12)11-18)14(22)6-10-21-15(23)17(19-16(21)24)7-2-3-8-17/h12-13H,2-11,18H2,1H3,(H,19,24)/t12-,13+/m1/s1. The lowest BCUT2D eigenvalue weighted by Crippen LogP contribution is -2.52. The van der Waals surface area contributed by atoms with Crippen LogP contribution in [0.2, 0.25) is 0 Å². The third kappa shape index (κ3) is 2.90. The minimum absolute atomic E-state index is 0.00929. The molecule has 0 aromatic heterocycles. The molecular formula is C17H28N4O3. The predicted octanol–water partition coefficient (Wildman–Crippen LogP) is 0.827. The van der Waals surface area contributed by atoms with E-state index in [0.717, 1.165) is 32.2 Å². The summed E-state index contributed by atoms with van der Waals surface area (Å²) in [4.78, 5) is 40.4. The van der Waals surface area contributed by atoms with E-state index in [4.69, 9.17) is 5.73 Å². The van der Waals surface area contributed by atoms with Gasteiger partial charge in [-0.05, 0) is 31.6 Å². The van der Waals surface area contributed by atoms with Gasteiger partial charge in [0.25, 0.3) is 5.91 Å². The highest BCUT2D eigenvalue weighted by Gasteiger charge is 2.52. The van der Waals surface area contributed by atoms with Gasteiger partial charge in [0.1, 0.15) is 5.54 Å². The van der Waals surface area contributed by atoms with Crippen LogP contribution in [0.5, 0.6) is 0 Å². The van der Waals surface area contributed by atoms with Gasteiger partial charge in [-0.2, -0.15) is 0 Å². The number of nitrogens with zero attached hydrogens (tertiary/aromatic N) is 2.